The molecule has 0 aliphatic rings. The number of ether oxygens (including phenoxy) is 1. The zero-order valence-electron chi connectivity index (χ0n) is 22.0. The predicted octanol–water partition coefficient (Wildman–Crippen LogP) is 4.88. The van der Waals surface area contributed by atoms with E-state index < -0.39 is 21.6 Å². The molecule has 204 valence electrons. The summed E-state index contributed by atoms with van der Waals surface area (Å²) in [5.74, 6) is -0.251. The lowest BCUT2D eigenvalue weighted by atomic mass is 10.1. The number of nitrogens with one attached hydrogen (secondary N) is 1. The van der Waals surface area contributed by atoms with Crippen LogP contribution in [0.4, 0.5) is 5.69 Å². The Morgan fingerprint density at radius 2 is 1.65 bits per heavy atom. The Hall–Kier alpha value is -2.49. The first kappa shape index (κ1) is 30.7. The summed E-state index contributed by atoms with van der Waals surface area (Å²) in [6.45, 7) is 7.28. The van der Waals surface area contributed by atoms with Gasteiger partial charge in [-0.05, 0) is 58.4 Å². The monoisotopic (exact) mass is 571 g/mol. The Morgan fingerprint density at radius 1 is 1.05 bits per heavy atom. The Balaban J connectivity index is 2.27. The summed E-state index contributed by atoms with van der Waals surface area (Å²) in [6, 6.07) is 11.0. The van der Waals surface area contributed by atoms with Gasteiger partial charge >= 0.3 is 0 Å². The van der Waals surface area contributed by atoms with E-state index in [0.717, 1.165) is 6.26 Å². The molecular weight excluding hydrogens is 537 g/mol. The van der Waals surface area contributed by atoms with Crippen LogP contribution >= 0.6 is 23.2 Å². The van der Waals surface area contributed by atoms with E-state index >= 15 is 0 Å². The minimum absolute atomic E-state index is 0.00359. The Kier molecular flexibility index (Phi) is 10.7. The van der Waals surface area contributed by atoms with E-state index in [-0.39, 0.29) is 37.7 Å². The van der Waals surface area contributed by atoms with Gasteiger partial charge in [-0.1, -0.05) is 41.4 Å². The minimum Gasteiger partial charge on any atom is -0.495 e. The van der Waals surface area contributed by atoms with Gasteiger partial charge in [-0.2, -0.15) is 0 Å². The first-order chi connectivity index (χ1) is 17.2. The summed E-state index contributed by atoms with van der Waals surface area (Å²) in [6.07, 6.45) is 1.31. The summed E-state index contributed by atoms with van der Waals surface area (Å²) < 4.78 is 31.6. The fraction of sp³-hybridized carbons (Fsp3) is 0.462. The second-order valence-electron chi connectivity index (χ2n) is 9.75. The topological polar surface area (TPSA) is 96.0 Å². The van der Waals surface area contributed by atoms with Gasteiger partial charge < -0.3 is 15.0 Å². The largest absolute Gasteiger partial charge is 0.495 e. The second kappa shape index (κ2) is 12.8. The number of sulfonamides is 1. The molecule has 0 unspecified atom stereocenters. The molecule has 0 saturated heterocycles. The molecule has 0 spiro atoms. The summed E-state index contributed by atoms with van der Waals surface area (Å²) >= 11 is 12.7. The number of hydrogen-bond acceptors (Lipinski definition) is 5. The number of carbonyl (C=O) groups is 2. The van der Waals surface area contributed by atoms with Crippen molar-refractivity contribution in [1.82, 2.24) is 10.2 Å². The molecule has 0 fully saturated rings. The van der Waals surface area contributed by atoms with Gasteiger partial charge in [0.2, 0.25) is 21.8 Å². The normalized spacial score (nSPS) is 12.5. The number of para-hydroxylation sites is 2. The number of amides is 2. The van der Waals surface area contributed by atoms with Crippen molar-refractivity contribution in [3.05, 3.63) is 58.1 Å². The van der Waals surface area contributed by atoms with Crippen molar-refractivity contribution in [3.63, 3.8) is 0 Å². The summed E-state index contributed by atoms with van der Waals surface area (Å²) in [5, 5.41) is 3.66. The minimum atomic E-state index is -3.65. The standard InChI is InChI=1S/C26H35Cl2N3O5S/c1-18(25(33)29-26(2,3)4)30(17-19-20(27)11-9-12-21(19)28)24(32)15-10-16-31(37(6,34)35)22-13-7-8-14-23(22)36-5/h7-9,11-14,18H,10,15-17H2,1-6H3,(H,29,33)/t18-/m1/s1. The van der Waals surface area contributed by atoms with Gasteiger partial charge in [0.1, 0.15) is 11.8 Å². The number of anilines is 1. The predicted molar refractivity (Wildman–Crippen MR) is 149 cm³/mol. The van der Waals surface area contributed by atoms with Crippen LogP contribution < -0.4 is 14.4 Å². The highest BCUT2D eigenvalue weighted by atomic mass is 35.5. The molecule has 0 aromatic heterocycles. The number of nitrogens with zero attached hydrogens (tertiary/aromatic N) is 2. The van der Waals surface area contributed by atoms with E-state index in [1.165, 1.54) is 16.3 Å². The van der Waals surface area contributed by atoms with Crippen LogP contribution in [0.25, 0.3) is 0 Å². The molecule has 0 bridgehead atoms. The lowest BCUT2D eigenvalue weighted by Crippen LogP contribution is -2.52. The van der Waals surface area contributed by atoms with Crippen LogP contribution in [0.2, 0.25) is 10.0 Å². The van der Waals surface area contributed by atoms with Crippen LogP contribution in [0.1, 0.15) is 46.1 Å². The van der Waals surface area contributed by atoms with E-state index in [9.17, 15) is 18.0 Å². The Morgan fingerprint density at radius 3 is 2.19 bits per heavy atom. The molecule has 2 aromatic carbocycles. The van der Waals surface area contributed by atoms with Gasteiger partial charge in [-0.25, -0.2) is 8.42 Å². The molecule has 2 aromatic rings. The van der Waals surface area contributed by atoms with Crippen LogP contribution in [0, 0.1) is 0 Å². The third-order valence-electron chi connectivity index (χ3n) is 5.56. The molecule has 1 N–H and O–H groups in total. The Bertz CT molecular complexity index is 1190. The first-order valence-corrected chi connectivity index (χ1v) is 14.4. The lowest BCUT2D eigenvalue weighted by Gasteiger charge is -2.32. The van der Waals surface area contributed by atoms with Gasteiger partial charge in [0, 0.05) is 40.7 Å². The highest BCUT2D eigenvalue weighted by Crippen LogP contribution is 2.30. The Labute approximate surface area is 229 Å². The first-order valence-electron chi connectivity index (χ1n) is 11.8. The summed E-state index contributed by atoms with van der Waals surface area (Å²) in [7, 11) is -2.19. The quantitative estimate of drug-likeness (QED) is 0.414. The average Bonchev–Trinajstić information content (AvgIpc) is 2.79. The molecule has 0 aliphatic heterocycles. The molecule has 0 radical (unpaired) electrons. The van der Waals surface area contributed by atoms with E-state index in [1.807, 2.05) is 20.8 Å². The molecule has 1 atom stereocenters. The third kappa shape index (κ3) is 8.79. The fourth-order valence-electron chi connectivity index (χ4n) is 3.73. The molecule has 2 rings (SSSR count). The highest BCUT2D eigenvalue weighted by Gasteiger charge is 2.30. The van der Waals surface area contributed by atoms with Crippen molar-refractivity contribution in [2.45, 2.75) is 58.7 Å². The van der Waals surface area contributed by atoms with Crippen molar-refractivity contribution in [2.24, 2.45) is 0 Å². The van der Waals surface area contributed by atoms with Crippen molar-refractivity contribution < 1.29 is 22.7 Å². The summed E-state index contributed by atoms with van der Waals surface area (Å²) in [4.78, 5) is 27.8. The summed E-state index contributed by atoms with van der Waals surface area (Å²) in [5.41, 5.74) is 0.422. The third-order valence-corrected chi connectivity index (χ3v) is 7.45. The molecule has 8 nitrogen and oxygen atoms in total. The molecule has 2 amide bonds. The smallest absolute Gasteiger partial charge is 0.242 e. The zero-order chi connectivity index (χ0) is 28.0. The van der Waals surface area contributed by atoms with Crippen molar-refractivity contribution in [2.75, 3.05) is 24.2 Å². The SMILES string of the molecule is COc1ccccc1N(CCCC(=O)N(Cc1c(Cl)cccc1Cl)[C@H](C)C(=O)NC(C)(C)C)S(C)(=O)=O. The van der Waals surface area contributed by atoms with Gasteiger partial charge in [0.15, 0.2) is 0 Å². The van der Waals surface area contributed by atoms with Crippen LogP contribution in [0.15, 0.2) is 42.5 Å². The molecule has 0 saturated carbocycles. The van der Waals surface area contributed by atoms with Crippen LogP contribution in [-0.4, -0.2) is 56.6 Å². The van der Waals surface area contributed by atoms with E-state index in [4.69, 9.17) is 27.9 Å². The van der Waals surface area contributed by atoms with Crippen molar-refractivity contribution in [3.8, 4) is 5.75 Å². The number of methoxy groups -OCH3 is 1. The van der Waals surface area contributed by atoms with Gasteiger partial charge in [0.25, 0.3) is 0 Å². The van der Waals surface area contributed by atoms with Crippen molar-refractivity contribution >= 4 is 50.7 Å². The maximum atomic E-state index is 13.4. The number of carbonyl (C=O) groups excluding carboxylic acids is 2. The van der Waals surface area contributed by atoms with E-state index in [0.29, 0.717) is 27.0 Å². The molecule has 37 heavy (non-hydrogen) atoms. The maximum Gasteiger partial charge on any atom is 0.242 e. The van der Waals surface area contributed by atoms with Crippen LogP contribution in [0.3, 0.4) is 0 Å². The molecule has 11 heteroatoms. The van der Waals surface area contributed by atoms with Gasteiger partial charge in [0.05, 0.1) is 19.1 Å². The van der Waals surface area contributed by atoms with E-state index in [1.54, 1.807) is 49.4 Å². The average molecular weight is 573 g/mol. The molecule has 0 heterocycles. The number of rotatable bonds is 11. The van der Waals surface area contributed by atoms with Crippen molar-refractivity contribution in [1.29, 1.82) is 0 Å². The van der Waals surface area contributed by atoms with Gasteiger partial charge in [-0.15, -0.1) is 0 Å². The number of benzene rings is 2. The van der Waals surface area contributed by atoms with Crippen LogP contribution in [0.5, 0.6) is 5.75 Å². The second-order valence-corrected chi connectivity index (χ2v) is 12.5. The lowest BCUT2D eigenvalue weighted by molar-refractivity contribution is -0.141. The van der Waals surface area contributed by atoms with E-state index in [2.05, 4.69) is 5.32 Å². The maximum absolute atomic E-state index is 13.4. The zero-order valence-corrected chi connectivity index (χ0v) is 24.4. The number of hydrogen-bond donors (Lipinski definition) is 1. The van der Waals surface area contributed by atoms with Gasteiger partial charge in [-0.3, -0.25) is 13.9 Å². The molecular formula is C26H35Cl2N3O5S. The van der Waals surface area contributed by atoms with Crippen LogP contribution in [-0.2, 0) is 26.2 Å². The fourth-order valence-corrected chi connectivity index (χ4v) is 5.21. The number of halogens is 2. The highest BCUT2D eigenvalue weighted by molar-refractivity contribution is 7.92. The molecule has 0 aliphatic carbocycles.